The summed E-state index contributed by atoms with van der Waals surface area (Å²) in [7, 11) is 0. The van der Waals surface area contributed by atoms with Gasteiger partial charge in [0.1, 0.15) is 5.58 Å². The normalized spacial score (nSPS) is 11.4. The molecule has 0 fully saturated rings. The maximum absolute atomic E-state index is 12.2. The molecule has 0 aliphatic carbocycles. The number of carbonyl (C=O) groups excluding carboxylic acids is 1. The summed E-state index contributed by atoms with van der Waals surface area (Å²) in [5, 5.41) is 0.842. The fourth-order valence-corrected chi connectivity index (χ4v) is 3.09. The Kier molecular flexibility index (Phi) is 5.25. The topological polar surface area (TPSA) is 60.2 Å². The molecule has 4 nitrogen and oxygen atoms in total. The predicted octanol–water partition coefficient (Wildman–Crippen LogP) is 5.15. The predicted molar refractivity (Wildman–Crippen MR) is 115 cm³/mol. The number of para-hydroxylation sites is 1. The lowest BCUT2D eigenvalue weighted by atomic mass is 9.96. The van der Waals surface area contributed by atoms with Gasteiger partial charge in [0.15, 0.2) is 5.78 Å². The number of allylic oxidation sites excluding steroid dienone is 2. The number of carbonyl (C=O) groups is 1. The molecule has 0 bridgehead atoms. The van der Waals surface area contributed by atoms with Gasteiger partial charge < -0.3 is 4.42 Å². The summed E-state index contributed by atoms with van der Waals surface area (Å²) in [6.45, 7) is 0. The minimum atomic E-state index is -0.410. The van der Waals surface area contributed by atoms with Crippen LogP contribution >= 0.6 is 0 Å². The summed E-state index contributed by atoms with van der Waals surface area (Å²) in [6, 6.07) is 22.0. The molecule has 0 saturated carbocycles. The summed E-state index contributed by atoms with van der Waals surface area (Å²) in [4.78, 5) is 28.4. The second kappa shape index (κ2) is 8.31. The van der Waals surface area contributed by atoms with Crippen molar-refractivity contribution in [3.8, 4) is 11.1 Å². The van der Waals surface area contributed by atoms with Gasteiger partial charge in [0.05, 0.1) is 5.69 Å². The number of rotatable bonds is 5. The lowest BCUT2D eigenvalue weighted by Gasteiger charge is -2.08. The van der Waals surface area contributed by atoms with Gasteiger partial charge in [-0.1, -0.05) is 54.6 Å². The zero-order valence-corrected chi connectivity index (χ0v) is 15.5. The van der Waals surface area contributed by atoms with Crippen molar-refractivity contribution in [1.82, 2.24) is 4.98 Å². The van der Waals surface area contributed by atoms with Crippen LogP contribution in [0.5, 0.6) is 0 Å². The van der Waals surface area contributed by atoms with E-state index in [0.29, 0.717) is 5.58 Å². The molecule has 2 aromatic carbocycles. The number of pyridine rings is 1. The van der Waals surface area contributed by atoms with Crippen LogP contribution in [-0.2, 0) is 4.79 Å². The summed E-state index contributed by atoms with van der Waals surface area (Å²) in [6.07, 6.45) is 8.09. The first-order valence-corrected chi connectivity index (χ1v) is 9.14. The van der Waals surface area contributed by atoms with E-state index < -0.39 is 5.63 Å². The first-order valence-electron chi connectivity index (χ1n) is 9.14. The first-order chi connectivity index (χ1) is 14.2. The molecule has 4 aromatic rings. The monoisotopic (exact) mass is 379 g/mol. The highest BCUT2D eigenvalue weighted by Crippen LogP contribution is 2.30. The maximum atomic E-state index is 12.2. The van der Waals surface area contributed by atoms with Gasteiger partial charge in [-0.2, -0.15) is 0 Å². The molecule has 0 amide bonds. The fraction of sp³-hybridized carbons (Fsp3) is 0. The Labute approximate surface area is 167 Å². The molecule has 0 aliphatic rings. The Bertz CT molecular complexity index is 1280. The van der Waals surface area contributed by atoms with Crippen molar-refractivity contribution in [2.45, 2.75) is 0 Å². The molecule has 2 aromatic heterocycles. The quantitative estimate of drug-likeness (QED) is 0.355. The number of fused-ring (bicyclic) bond motifs is 1. The van der Waals surface area contributed by atoms with Gasteiger partial charge in [-0.3, -0.25) is 9.78 Å². The molecular formula is C25H17NO3. The van der Waals surface area contributed by atoms with Crippen LogP contribution in [0.3, 0.4) is 0 Å². The Morgan fingerprint density at radius 2 is 1.59 bits per heavy atom. The minimum Gasteiger partial charge on any atom is -0.423 e. The SMILES string of the molecule is O=C(C=Cc1ccccn1)C=Cc1ccccc1-c1cc(=O)oc2ccccc12. The highest BCUT2D eigenvalue weighted by Gasteiger charge is 2.10. The van der Waals surface area contributed by atoms with Gasteiger partial charge in [-0.15, -0.1) is 0 Å². The molecule has 0 aliphatic heterocycles. The first kappa shape index (κ1) is 18.3. The van der Waals surface area contributed by atoms with Crippen LogP contribution in [0.4, 0.5) is 0 Å². The molecule has 2 heterocycles. The van der Waals surface area contributed by atoms with Gasteiger partial charge in [0.25, 0.3) is 0 Å². The van der Waals surface area contributed by atoms with E-state index in [9.17, 15) is 9.59 Å². The molecule has 0 radical (unpaired) electrons. The van der Waals surface area contributed by atoms with Gasteiger partial charge in [0.2, 0.25) is 0 Å². The van der Waals surface area contributed by atoms with Crippen LogP contribution in [0.1, 0.15) is 11.3 Å². The lowest BCUT2D eigenvalue weighted by molar-refractivity contribution is -0.110. The van der Waals surface area contributed by atoms with E-state index in [1.807, 2.05) is 60.7 Å². The summed E-state index contributed by atoms with van der Waals surface area (Å²) >= 11 is 0. The molecule has 140 valence electrons. The Hall–Kier alpha value is -4.05. The zero-order valence-electron chi connectivity index (χ0n) is 15.5. The standard InChI is InChI=1S/C25H17NO3/c27-20(15-13-19-8-5-6-16-26-19)14-12-18-7-1-2-9-21(18)23-17-25(28)29-24-11-4-3-10-22(23)24/h1-17H. The molecule has 0 saturated heterocycles. The number of ketones is 1. The van der Waals surface area contributed by atoms with Crippen LogP contribution in [0, 0.1) is 0 Å². The van der Waals surface area contributed by atoms with Crippen LogP contribution < -0.4 is 5.63 Å². The smallest absolute Gasteiger partial charge is 0.336 e. The second-order valence-electron chi connectivity index (χ2n) is 6.39. The number of nitrogens with zero attached hydrogens (tertiary/aromatic N) is 1. The van der Waals surface area contributed by atoms with Gasteiger partial charge in [-0.25, -0.2) is 4.79 Å². The highest BCUT2D eigenvalue weighted by atomic mass is 16.4. The minimum absolute atomic E-state index is 0.150. The molecular weight excluding hydrogens is 362 g/mol. The molecule has 0 N–H and O–H groups in total. The Morgan fingerprint density at radius 3 is 2.45 bits per heavy atom. The van der Waals surface area contributed by atoms with Crippen molar-refractivity contribution >= 4 is 28.9 Å². The van der Waals surface area contributed by atoms with Crippen LogP contribution in [-0.4, -0.2) is 10.8 Å². The van der Waals surface area contributed by atoms with Crippen molar-refractivity contribution in [2.75, 3.05) is 0 Å². The molecule has 29 heavy (non-hydrogen) atoms. The van der Waals surface area contributed by atoms with Gasteiger partial charge in [-0.05, 0) is 47.6 Å². The molecule has 0 unspecified atom stereocenters. The largest absolute Gasteiger partial charge is 0.423 e. The van der Waals surface area contributed by atoms with E-state index in [-0.39, 0.29) is 5.78 Å². The van der Waals surface area contributed by atoms with E-state index in [4.69, 9.17) is 4.42 Å². The Morgan fingerprint density at radius 1 is 0.828 bits per heavy atom. The van der Waals surface area contributed by atoms with Crippen molar-refractivity contribution in [3.05, 3.63) is 113 Å². The molecule has 0 spiro atoms. The van der Waals surface area contributed by atoms with E-state index >= 15 is 0 Å². The average molecular weight is 379 g/mol. The van der Waals surface area contributed by atoms with E-state index in [1.54, 1.807) is 24.4 Å². The lowest BCUT2D eigenvalue weighted by Crippen LogP contribution is -1.98. The molecule has 4 rings (SSSR count). The van der Waals surface area contributed by atoms with Crippen molar-refractivity contribution < 1.29 is 9.21 Å². The summed E-state index contributed by atoms with van der Waals surface area (Å²) in [5.74, 6) is -0.150. The summed E-state index contributed by atoms with van der Waals surface area (Å²) < 4.78 is 5.29. The number of hydrogen-bond acceptors (Lipinski definition) is 4. The Balaban J connectivity index is 1.68. The molecule has 4 heteroatoms. The van der Waals surface area contributed by atoms with E-state index in [0.717, 1.165) is 27.8 Å². The zero-order chi connectivity index (χ0) is 20.1. The van der Waals surface area contributed by atoms with Gasteiger partial charge in [0, 0.05) is 23.2 Å². The third kappa shape index (κ3) is 4.28. The van der Waals surface area contributed by atoms with Crippen molar-refractivity contribution in [3.63, 3.8) is 0 Å². The second-order valence-corrected chi connectivity index (χ2v) is 6.39. The third-order valence-electron chi connectivity index (χ3n) is 4.43. The van der Waals surface area contributed by atoms with E-state index in [1.165, 1.54) is 18.2 Å². The third-order valence-corrected chi connectivity index (χ3v) is 4.43. The number of hydrogen-bond donors (Lipinski definition) is 0. The molecule has 0 atom stereocenters. The van der Waals surface area contributed by atoms with Crippen LogP contribution in [0.25, 0.3) is 34.2 Å². The van der Waals surface area contributed by atoms with Gasteiger partial charge >= 0.3 is 5.63 Å². The van der Waals surface area contributed by atoms with Crippen LogP contribution in [0.2, 0.25) is 0 Å². The number of benzene rings is 2. The fourth-order valence-electron chi connectivity index (χ4n) is 3.09. The van der Waals surface area contributed by atoms with E-state index in [2.05, 4.69) is 4.98 Å². The summed E-state index contributed by atoms with van der Waals surface area (Å²) in [5.41, 5.74) is 3.30. The van der Waals surface area contributed by atoms with Crippen molar-refractivity contribution in [1.29, 1.82) is 0 Å². The average Bonchev–Trinajstić information content (AvgIpc) is 2.76. The van der Waals surface area contributed by atoms with Crippen LogP contribution in [0.15, 0.2) is 100 Å². The van der Waals surface area contributed by atoms with Crippen molar-refractivity contribution in [2.24, 2.45) is 0 Å². The number of aromatic nitrogens is 1. The maximum Gasteiger partial charge on any atom is 0.336 e. The highest BCUT2D eigenvalue weighted by molar-refractivity contribution is 6.05.